The van der Waals surface area contributed by atoms with E-state index in [-0.39, 0.29) is 19.3 Å². The van der Waals surface area contributed by atoms with Gasteiger partial charge in [0.1, 0.15) is 19.0 Å². The first-order valence-electron chi connectivity index (χ1n) is 5.61. The highest BCUT2D eigenvalue weighted by atomic mass is 16.6. The van der Waals surface area contributed by atoms with Gasteiger partial charge in [-0.15, -0.1) is 6.58 Å². The zero-order valence-electron chi connectivity index (χ0n) is 10.9. The lowest BCUT2D eigenvalue weighted by molar-refractivity contribution is -0.0979. The minimum Gasteiger partial charge on any atom is -0.394 e. The number of hydrogen-bond acceptors (Lipinski definition) is 6. The van der Waals surface area contributed by atoms with Gasteiger partial charge in [-0.3, -0.25) is 0 Å². The second-order valence-electron chi connectivity index (χ2n) is 3.40. The first-order chi connectivity index (χ1) is 8.74. The van der Waals surface area contributed by atoms with Crippen molar-refractivity contribution in [2.45, 2.75) is 18.6 Å². The Hall–Kier alpha value is -0.790. The van der Waals surface area contributed by atoms with Gasteiger partial charge in [-0.2, -0.15) is 0 Å². The standard InChI is InChI=1S/C11H22O5.CH2O/c1-3-4-5-15-9-11(8-14-2)16-7-10(13)6-12;1-2/h3,10-13H,1,4-9H2,2H3;1H2. The van der Waals surface area contributed by atoms with Crippen LogP contribution in [0.2, 0.25) is 0 Å². The zero-order chi connectivity index (χ0) is 14.2. The minimum atomic E-state index is -0.854. The highest BCUT2D eigenvalue weighted by Gasteiger charge is 2.11. The van der Waals surface area contributed by atoms with Gasteiger partial charge >= 0.3 is 0 Å². The molecule has 2 N–H and O–H groups in total. The summed E-state index contributed by atoms with van der Waals surface area (Å²) in [6.07, 6.45) is 1.49. The first-order valence-corrected chi connectivity index (χ1v) is 5.61. The molecule has 0 aromatic heterocycles. The molecule has 0 heterocycles. The van der Waals surface area contributed by atoms with Gasteiger partial charge in [-0.1, -0.05) is 6.08 Å². The molecule has 0 aliphatic carbocycles. The molecule has 6 heteroatoms. The van der Waals surface area contributed by atoms with E-state index in [0.717, 1.165) is 6.42 Å². The van der Waals surface area contributed by atoms with Crippen molar-refractivity contribution in [2.24, 2.45) is 0 Å². The van der Waals surface area contributed by atoms with Crippen LogP contribution in [0.5, 0.6) is 0 Å². The zero-order valence-corrected chi connectivity index (χ0v) is 10.9. The molecule has 0 aromatic rings. The molecule has 0 spiro atoms. The molecule has 0 aromatic carbocycles. The van der Waals surface area contributed by atoms with E-state index in [1.165, 1.54) is 0 Å². The van der Waals surface area contributed by atoms with E-state index < -0.39 is 6.10 Å². The largest absolute Gasteiger partial charge is 0.394 e. The molecule has 0 amide bonds. The quantitative estimate of drug-likeness (QED) is 0.396. The lowest BCUT2D eigenvalue weighted by Crippen LogP contribution is -2.30. The molecule has 0 radical (unpaired) electrons. The van der Waals surface area contributed by atoms with E-state index in [1.54, 1.807) is 13.2 Å². The molecule has 0 rings (SSSR count). The maximum absolute atomic E-state index is 9.11. The summed E-state index contributed by atoms with van der Waals surface area (Å²) in [4.78, 5) is 8.00. The Morgan fingerprint density at radius 3 is 2.44 bits per heavy atom. The van der Waals surface area contributed by atoms with Crippen LogP contribution in [0.1, 0.15) is 6.42 Å². The van der Waals surface area contributed by atoms with Crippen molar-refractivity contribution < 1.29 is 29.2 Å². The summed E-state index contributed by atoms with van der Waals surface area (Å²) >= 11 is 0. The van der Waals surface area contributed by atoms with E-state index in [0.29, 0.717) is 19.8 Å². The molecule has 0 saturated carbocycles. The van der Waals surface area contributed by atoms with Gasteiger partial charge in [-0.05, 0) is 6.42 Å². The Labute approximate surface area is 108 Å². The molecule has 2 atom stereocenters. The number of aliphatic hydroxyl groups is 2. The van der Waals surface area contributed by atoms with Crippen molar-refractivity contribution in [3.63, 3.8) is 0 Å². The van der Waals surface area contributed by atoms with E-state index in [9.17, 15) is 0 Å². The molecule has 108 valence electrons. The van der Waals surface area contributed by atoms with Crippen molar-refractivity contribution in [1.29, 1.82) is 0 Å². The lowest BCUT2D eigenvalue weighted by atomic mass is 10.3. The average Bonchev–Trinajstić information content (AvgIpc) is 2.42. The predicted molar refractivity (Wildman–Crippen MR) is 67.5 cm³/mol. The lowest BCUT2D eigenvalue weighted by Gasteiger charge is -2.18. The number of carbonyl (C=O) groups is 1. The Kier molecular flexibility index (Phi) is 17.6. The number of hydrogen-bond donors (Lipinski definition) is 2. The van der Waals surface area contributed by atoms with Gasteiger partial charge in [0.25, 0.3) is 0 Å². The van der Waals surface area contributed by atoms with Gasteiger partial charge < -0.3 is 29.2 Å². The van der Waals surface area contributed by atoms with Crippen LogP contribution in [0.4, 0.5) is 0 Å². The summed E-state index contributed by atoms with van der Waals surface area (Å²) in [5.74, 6) is 0. The summed E-state index contributed by atoms with van der Waals surface area (Å²) in [5, 5.41) is 17.7. The van der Waals surface area contributed by atoms with Crippen molar-refractivity contribution in [2.75, 3.05) is 40.1 Å². The Balaban J connectivity index is 0. The van der Waals surface area contributed by atoms with Crippen LogP contribution in [0.25, 0.3) is 0 Å². The smallest absolute Gasteiger partial charge is 0.106 e. The normalized spacial score (nSPS) is 13.3. The Morgan fingerprint density at radius 1 is 1.28 bits per heavy atom. The molecule has 18 heavy (non-hydrogen) atoms. The highest BCUT2D eigenvalue weighted by molar-refractivity contribution is 5.10. The first kappa shape index (κ1) is 19.5. The van der Waals surface area contributed by atoms with Crippen LogP contribution in [0.15, 0.2) is 12.7 Å². The van der Waals surface area contributed by atoms with E-state index in [1.807, 2.05) is 6.79 Å². The second kappa shape index (κ2) is 16.2. The molecule has 0 aliphatic rings. The van der Waals surface area contributed by atoms with Gasteiger partial charge in [0.2, 0.25) is 0 Å². The monoisotopic (exact) mass is 264 g/mol. The van der Waals surface area contributed by atoms with Gasteiger partial charge in [-0.25, -0.2) is 0 Å². The van der Waals surface area contributed by atoms with Crippen LogP contribution in [-0.2, 0) is 19.0 Å². The molecule has 0 saturated heterocycles. The van der Waals surface area contributed by atoms with E-state index in [4.69, 9.17) is 29.2 Å². The van der Waals surface area contributed by atoms with Gasteiger partial charge in [0.15, 0.2) is 0 Å². The van der Waals surface area contributed by atoms with Crippen LogP contribution in [-0.4, -0.2) is 69.4 Å². The van der Waals surface area contributed by atoms with Crippen molar-refractivity contribution in [1.82, 2.24) is 0 Å². The molecular weight excluding hydrogens is 240 g/mol. The fraction of sp³-hybridized carbons (Fsp3) is 0.750. The van der Waals surface area contributed by atoms with Crippen LogP contribution in [0, 0.1) is 0 Å². The number of carbonyl (C=O) groups excluding carboxylic acids is 1. The van der Waals surface area contributed by atoms with Crippen molar-refractivity contribution in [3.05, 3.63) is 12.7 Å². The van der Waals surface area contributed by atoms with Crippen LogP contribution < -0.4 is 0 Å². The SMILES string of the molecule is C=CCCOCC(COC)OCC(O)CO.C=O. The molecule has 0 fully saturated rings. The minimum absolute atomic E-state index is 0.0787. The summed E-state index contributed by atoms with van der Waals surface area (Å²) in [7, 11) is 1.57. The molecule has 0 aliphatic heterocycles. The number of methoxy groups -OCH3 is 1. The Bertz CT molecular complexity index is 176. The summed E-state index contributed by atoms with van der Waals surface area (Å²) in [6.45, 7) is 6.75. The topological polar surface area (TPSA) is 85.2 Å². The fourth-order valence-corrected chi connectivity index (χ4v) is 1.01. The van der Waals surface area contributed by atoms with E-state index >= 15 is 0 Å². The summed E-state index contributed by atoms with van der Waals surface area (Å²) in [5.41, 5.74) is 0. The number of rotatable bonds is 11. The summed E-state index contributed by atoms with van der Waals surface area (Å²) < 4.78 is 15.6. The van der Waals surface area contributed by atoms with Crippen molar-refractivity contribution in [3.8, 4) is 0 Å². The van der Waals surface area contributed by atoms with Crippen LogP contribution >= 0.6 is 0 Å². The molecule has 6 nitrogen and oxygen atoms in total. The third kappa shape index (κ3) is 13.3. The maximum Gasteiger partial charge on any atom is 0.106 e. The highest BCUT2D eigenvalue weighted by Crippen LogP contribution is 1.97. The number of aliphatic hydroxyl groups excluding tert-OH is 2. The molecule has 2 unspecified atom stereocenters. The third-order valence-corrected chi connectivity index (χ3v) is 1.86. The summed E-state index contributed by atoms with van der Waals surface area (Å²) in [6, 6.07) is 0. The second-order valence-corrected chi connectivity index (χ2v) is 3.40. The molecule has 0 bridgehead atoms. The number of ether oxygens (including phenoxy) is 3. The van der Waals surface area contributed by atoms with Crippen molar-refractivity contribution >= 4 is 6.79 Å². The van der Waals surface area contributed by atoms with Gasteiger partial charge in [0, 0.05) is 7.11 Å². The van der Waals surface area contributed by atoms with E-state index in [2.05, 4.69) is 6.58 Å². The third-order valence-electron chi connectivity index (χ3n) is 1.86. The predicted octanol–water partition coefficient (Wildman–Crippen LogP) is -0.221. The molecular formula is C12H24O6. The fourth-order valence-electron chi connectivity index (χ4n) is 1.01. The van der Waals surface area contributed by atoms with Crippen LogP contribution in [0.3, 0.4) is 0 Å². The maximum atomic E-state index is 9.11. The average molecular weight is 264 g/mol. The Morgan fingerprint density at radius 2 is 1.94 bits per heavy atom. The van der Waals surface area contributed by atoms with Gasteiger partial charge in [0.05, 0.1) is 33.0 Å².